The molecule has 0 aliphatic rings. The van der Waals surface area contributed by atoms with Crippen molar-refractivity contribution in [2.45, 2.75) is 19.5 Å². The number of halogens is 1. The highest BCUT2D eigenvalue weighted by atomic mass is 79.9. The summed E-state index contributed by atoms with van der Waals surface area (Å²) in [6.45, 7) is 2.93. The molecule has 0 bridgehead atoms. The lowest BCUT2D eigenvalue weighted by molar-refractivity contribution is 0.803. The molecule has 1 aromatic carbocycles. The van der Waals surface area contributed by atoms with Crippen LogP contribution in [0.15, 0.2) is 40.2 Å². The Balaban J connectivity index is 2.20. The lowest BCUT2D eigenvalue weighted by atomic mass is 10.1. The molecule has 0 aliphatic carbocycles. The fraction of sp³-hybridized carbons (Fsp3) is 0.286. The normalized spacial score (nSPS) is 12.4. The third-order valence-electron chi connectivity index (χ3n) is 2.85. The van der Waals surface area contributed by atoms with E-state index in [0.717, 1.165) is 11.0 Å². The van der Waals surface area contributed by atoms with Crippen LogP contribution >= 0.6 is 27.3 Å². The molecule has 0 saturated carbocycles. The van der Waals surface area contributed by atoms with E-state index in [1.165, 1.54) is 16.1 Å². The number of benzene rings is 1. The van der Waals surface area contributed by atoms with E-state index in [2.05, 4.69) is 57.5 Å². The minimum absolute atomic E-state index is 0.0544. The summed E-state index contributed by atoms with van der Waals surface area (Å²) >= 11 is 5.25. The summed E-state index contributed by atoms with van der Waals surface area (Å²) in [5.74, 6) is 0. The maximum atomic E-state index is 6.02. The first-order valence-electron chi connectivity index (χ1n) is 5.86. The van der Waals surface area contributed by atoms with Gasteiger partial charge in [-0.15, -0.1) is 11.3 Å². The molecule has 96 valence electrons. The maximum absolute atomic E-state index is 6.02. The van der Waals surface area contributed by atoms with Crippen molar-refractivity contribution in [3.63, 3.8) is 0 Å². The number of hydrogen-bond acceptors (Lipinski definition) is 3. The zero-order chi connectivity index (χ0) is 13.1. The van der Waals surface area contributed by atoms with Gasteiger partial charge in [-0.05, 0) is 40.5 Å². The highest BCUT2D eigenvalue weighted by Crippen LogP contribution is 2.27. The van der Waals surface area contributed by atoms with Gasteiger partial charge in [-0.3, -0.25) is 0 Å². The van der Waals surface area contributed by atoms with Gasteiger partial charge in [0.05, 0.1) is 6.54 Å². The zero-order valence-electron chi connectivity index (χ0n) is 10.6. The number of rotatable bonds is 4. The van der Waals surface area contributed by atoms with E-state index in [-0.39, 0.29) is 6.04 Å². The van der Waals surface area contributed by atoms with Gasteiger partial charge in [-0.1, -0.05) is 18.2 Å². The number of hydrogen-bond donors (Lipinski definition) is 1. The second kappa shape index (κ2) is 5.87. The van der Waals surface area contributed by atoms with Gasteiger partial charge < -0.3 is 10.6 Å². The third kappa shape index (κ3) is 3.13. The van der Waals surface area contributed by atoms with Crippen LogP contribution in [0.25, 0.3) is 0 Å². The molecule has 2 aromatic rings. The van der Waals surface area contributed by atoms with Crippen molar-refractivity contribution < 1.29 is 0 Å². The number of nitrogens with two attached hydrogens (primary N) is 1. The van der Waals surface area contributed by atoms with Gasteiger partial charge in [0.15, 0.2) is 0 Å². The van der Waals surface area contributed by atoms with Gasteiger partial charge in [-0.25, -0.2) is 0 Å². The first kappa shape index (κ1) is 13.6. The van der Waals surface area contributed by atoms with Gasteiger partial charge in [0, 0.05) is 33.5 Å². The quantitative estimate of drug-likeness (QED) is 0.914. The average Bonchev–Trinajstić information content (AvgIpc) is 2.74. The molecule has 0 saturated heterocycles. The number of thiophene rings is 1. The molecule has 1 aromatic heterocycles. The van der Waals surface area contributed by atoms with Crippen LogP contribution in [-0.2, 0) is 6.54 Å². The minimum atomic E-state index is 0.0544. The average molecular weight is 325 g/mol. The molecule has 0 spiro atoms. The van der Waals surface area contributed by atoms with E-state index in [9.17, 15) is 0 Å². The fourth-order valence-corrected chi connectivity index (χ4v) is 3.48. The van der Waals surface area contributed by atoms with Gasteiger partial charge in [0.25, 0.3) is 0 Å². The largest absolute Gasteiger partial charge is 0.369 e. The van der Waals surface area contributed by atoms with Crippen LogP contribution in [-0.4, -0.2) is 7.05 Å². The molecule has 4 heteroatoms. The van der Waals surface area contributed by atoms with Crippen molar-refractivity contribution in [2.24, 2.45) is 5.73 Å². The number of nitrogens with zero attached hydrogens (tertiary/aromatic N) is 1. The van der Waals surface area contributed by atoms with E-state index in [4.69, 9.17) is 5.73 Å². The molecule has 0 radical (unpaired) electrons. The van der Waals surface area contributed by atoms with Gasteiger partial charge in [-0.2, -0.15) is 0 Å². The van der Waals surface area contributed by atoms with Crippen LogP contribution in [0.2, 0.25) is 0 Å². The highest BCUT2D eigenvalue weighted by Gasteiger charge is 2.11. The SMILES string of the molecule is C[C@@H](N)c1ccccc1N(C)Cc1cc(Br)cs1. The predicted octanol–water partition coefficient (Wildman–Crippen LogP) is 4.17. The third-order valence-corrected chi connectivity index (χ3v) is 4.54. The van der Waals surface area contributed by atoms with Crippen LogP contribution in [0.1, 0.15) is 23.4 Å². The molecular weight excluding hydrogens is 308 g/mol. The summed E-state index contributed by atoms with van der Waals surface area (Å²) in [7, 11) is 2.11. The van der Waals surface area contributed by atoms with Crippen LogP contribution < -0.4 is 10.6 Å². The summed E-state index contributed by atoms with van der Waals surface area (Å²) in [5.41, 5.74) is 8.41. The van der Waals surface area contributed by atoms with Crippen molar-refractivity contribution in [2.75, 3.05) is 11.9 Å². The first-order chi connectivity index (χ1) is 8.58. The molecule has 1 atom stereocenters. The highest BCUT2D eigenvalue weighted by molar-refractivity contribution is 9.10. The Hall–Kier alpha value is -0.840. The summed E-state index contributed by atoms with van der Waals surface area (Å²) in [6.07, 6.45) is 0. The molecule has 2 nitrogen and oxygen atoms in total. The number of anilines is 1. The summed E-state index contributed by atoms with van der Waals surface area (Å²) in [6, 6.07) is 10.5. The standard InChI is InChI=1S/C14H17BrN2S/c1-10(16)13-5-3-4-6-14(13)17(2)8-12-7-11(15)9-18-12/h3-7,9-10H,8,16H2,1-2H3/t10-/m1/s1. The Morgan fingerprint density at radius 1 is 1.39 bits per heavy atom. The molecule has 2 rings (SSSR count). The first-order valence-corrected chi connectivity index (χ1v) is 7.53. The molecular formula is C14H17BrN2S. The molecule has 0 fully saturated rings. The second-order valence-corrected chi connectivity index (χ2v) is 6.35. The van der Waals surface area contributed by atoms with E-state index in [1.54, 1.807) is 11.3 Å². The van der Waals surface area contributed by atoms with Crippen LogP contribution in [0.5, 0.6) is 0 Å². The maximum Gasteiger partial charge on any atom is 0.0520 e. The Bertz CT molecular complexity index is 522. The van der Waals surface area contributed by atoms with E-state index < -0.39 is 0 Å². The molecule has 0 unspecified atom stereocenters. The second-order valence-electron chi connectivity index (χ2n) is 4.43. The fourth-order valence-electron chi connectivity index (χ4n) is 1.98. The summed E-state index contributed by atoms with van der Waals surface area (Å²) < 4.78 is 1.15. The van der Waals surface area contributed by atoms with Gasteiger partial charge in [0.1, 0.15) is 0 Å². The monoisotopic (exact) mass is 324 g/mol. The van der Waals surface area contributed by atoms with Crippen LogP contribution in [0.3, 0.4) is 0 Å². The lowest BCUT2D eigenvalue weighted by Gasteiger charge is -2.23. The Morgan fingerprint density at radius 3 is 2.72 bits per heavy atom. The molecule has 1 heterocycles. The van der Waals surface area contributed by atoms with Crippen LogP contribution in [0.4, 0.5) is 5.69 Å². The topological polar surface area (TPSA) is 29.3 Å². The van der Waals surface area contributed by atoms with E-state index >= 15 is 0 Å². The molecule has 0 aliphatic heterocycles. The number of para-hydroxylation sites is 1. The zero-order valence-corrected chi connectivity index (χ0v) is 13.0. The molecule has 2 N–H and O–H groups in total. The predicted molar refractivity (Wildman–Crippen MR) is 83.2 cm³/mol. The molecule has 18 heavy (non-hydrogen) atoms. The van der Waals surface area contributed by atoms with Crippen molar-refractivity contribution >= 4 is 33.0 Å². The summed E-state index contributed by atoms with van der Waals surface area (Å²) in [5, 5.41) is 2.11. The molecule has 0 amide bonds. The van der Waals surface area contributed by atoms with E-state index in [0.29, 0.717) is 0 Å². The minimum Gasteiger partial charge on any atom is -0.369 e. The lowest BCUT2D eigenvalue weighted by Crippen LogP contribution is -2.19. The Labute approximate surface area is 121 Å². The Kier molecular flexibility index (Phi) is 4.43. The Morgan fingerprint density at radius 2 is 2.11 bits per heavy atom. The van der Waals surface area contributed by atoms with Gasteiger partial charge >= 0.3 is 0 Å². The van der Waals surface area contributed by atoms with Crippen molar-refractivity contribution in [3.8, 4) is 0 Å². The van der Waals surface area contributed by atoms with Crippen LogP contribution in [0, 0.1) is 0 Å². The van der Waals surface area contributed by atoms with Gasteiger partial charge in [0.2, 0.25) is 0 Å². The summed E-state index contributed by atoms with van der Waals surface area (Å²) in [4.78, 5) is 3.58. The van der Waals surface area contributed by atoms with Crippen molar-refractivity contribution in [1.29, 1.82) is 0 Å². The van der Waals surface area contributed by atoms with Crippen molar-refractivity contribution in [1.82, 2.24) is 0 Å². The van der Waals surface area contributed by atoms with Crippen molar-refractivity contribution in [3.05, 3.63) is 50.6 Å². The smallest absolute Gasteiger partial charge is 0.0520 e. The van der Waals surface area contributed by atoms with E-state index in [1.807, 2.05) is 13.0 Å².